The molecule has 0 bridgehead atoms. The predicted molar refractivity (Wildman–Crippen MR) is 79.1 cm³/mol. The minimum absolute atomic E-state index is 0.0840. The van der Waals surface area contributed by atoms with Crippen LogP contribution in [0.2, 0.25) is 0 Å². The molecule has 0 saturated carbocycles. The first-order valence-corrected chi connectivity index (χ1v) is 7.31. The van der Waals surface area contributed by atoms with Crippen molar-refractivity contribution in [2.75, 3.05) is 5.75 Å². The van der Waals surface area contributed by atoms with Gasteiger partial charge in [-0.05, 0) is 24.3 Å². The van der Waals surface area contributed by atoms with E-state index in [0.717, 1.165) is 23.9 Å². The van der Waals surface area contributed by atoms with Gasteiger partial charge in [0.25, 0.3) is 5.69 Å². The van der Waals surface area contributed by atoms with Crippen LogP contribution >= 0.6 is 11.8 Å². The highest BCUT2D eigenvalue weighted by Crippen LogP contribution is 2.23. The Morgan fingerprint density at radius 2 is 1.82 bits per heavy atom. The predicted octanol–water partition coefficient (Wildman–Crippen LogP) is 4.24. The Bertz CT molecular complexity index is 704. The highest BCUT2D eigenvalue weighted by atomic mass is 32.2. The number of ketones is 1. The number of thioether (sulfide) groups is 1. The van der Waals surface area contributed by atoms with Gasteiger partial charge in [-0.3, -0.25) is 14.9 Å². The van der Waals surface area contributed by atoms with Crippen molar-refractivity contribution >= 4 is 23.2 Å². The maximum absolute atomic E-state index is 13.4. The highest BCUT2D eigenvalue weighted by molar-refractivity contribution is 7.99. The van der Waals surface area contributed by atoms with E-state index in [9.17, 15) is 23.7 Å². The molecular weight excluding hydrogens is 312 g/mol. The lowest BCUT2D eigenvalue weighted by molar-refractivity contribution is -0.384. The van der Waals surface area contributed by atoms with Crippen LogP contribution in [0.5, 0.6) is 0 Å². The van der Waals surface area contributed by atoms with Crippen molar-refractivity contribution < 1.29 is 18.5 Å². The third-order valence-electron chi connectivity index (χ3n) is 2.88. The molecule has 0 unspecified atom stereocenters. The molecular formula is C15H11F2NO3S. The molecule has 4 nitrogen and oxygen atoms in total. The van der Waals surface area contributed by atoms with Crippen LogP contribution in [0.3, 0.4) is 0 Å². The molecule has 0 fully saturated rings. The number of non-ortho nitro benzene ring substituents is 1. The van der Waals surface area contributed by atoms with Crippen LogP contribution in [0, 0.1) is 21.7 Å². The number of nitro benzene ring substituents is 1. The largest absolute Gasteiger partial charge is 0.294 e. The summed E-state index contributed by atoms with van der Waals surface area (Å²) in [6.07, 6.45) is 0.152. The van der Waals surface area contributed by atoms with Crippen molar-refractivity contribution in [2.24, 2.45) is 0 Å². The van der Waals surface area contributed by atoms with Gasteiger partial charge in [0, 0.05) is 40.8 Å². The topological polar surface area (TPSA) is 60.2 Å². The number of halogens is 2. The standard InChI is InChI=1S/C15H11F2NO3S/c16-11-3-6-15(13(17)9-11)22-8-7-14(19)10-1-4-12(5-2-10)18(20)21/h1-6,9H,7-8H2. The maximum Gasteiger partial charge on any atom is 0.269 e. The van der Waals surface area contributed by atoms with Gasteiger partial charge in [-0.25, -0.2) is 8.78 Å². The van der Waals surface area contributed by atoms with Crippen LogP contribution in [-0.2, 0) is 0 Å². The zero-order valence-electron chi connectivity index (χ0n) is 11.3. The highest BCUT2D eigenvalue weighted by Gasteiger charge is 2.10. The zero-order valence-corrected chi connectivity index (χ0v) is 12.1. The van der Waals surface area contributed by atoms with Crippen molar-refractivity contribution in [3.8, 4) is 0 Å². The number of rotatable bonds is 6. The lowest BCUT2D eigenvalue weighted by Gasteiger charge is -2.03. The fraction of sp³-hybridized carbons (Fsp3) is 0.133. The molecule has 0 aliphatic carbocycles. The van der Waals surface area contributed by atoms with Gasteiger partial charge in [-0.15, -0.1) is 11.8 Å². The molecule has 0 aromatic heterocycles. The molecule has 0 aliphatic heterocycles. The Hall–Kier alpha value is -2.28. The number of nitrogens with zero attached hydrogens (tertiary/aromatic N) is 1. The van der Waals surface area contributed by atoms with Crippen LogP contribution in [0.1, 0.15) is 16.8 Å². The Morgan fingerprint density at radius 3 is 2.41 bits per heavy atom. The van der Waals surface area contributed by atoms with Crippen LogP contribution < -0.4 is 0 Å². The van der Waals surface area contributed by atoms with Crippen molar-refractivity contribution in [1.82, 2.24) is 0 Å². The second-order valence-corrected chi connectivity index (χ2v) is 5.54. The average Bonchev–Trinajstić information content (AvgIpc) is 2.49. The third-order valence-corrected chi connectivity index (χ3v) is 3.93. The van der Waals surface area contributed by atoms with Crippen LogP contribution in [0.25, 0.3) is 0 Å². The summed E-state index contributed by atoms with van der Waals surface area (Å²) in [7, 11) is 0. The van der Waals surface area contributed by atoms with Gasteiger partial charge < -0.3 is 0 Å². The Balaban J connectivity index is 1.91. The van der Waals surface area contributed by atoms with E-state index in [1.165, 1.54) is 30.3 Å². The summed E-state index contributed by atoms with van der Waals surface area (Å²) in [5.74, 6) is -1.17. The second kappa shape index (κ2) is 7.13. The van der Waals surface area contributed by atoms with E-state index in [4.69, 9.17) is 0 Å². The van der Waals surface area contributed by atoms with E-state index < -0.39 is 16.6 Å². The molecule has 0 N–H and O–H groups in total. The molecule has 2 aromatic carbocycles. The molecule has 0 atom stereocenters. The Labute approximate surface area is 129 Å². The minimum atomic E-state index is -0.659. The molecule has 0 amide bonds. The van der Waals surface area contributed by atoms with Gasteiger partial charge in [0.15, 0.2) is 5.78 Å². The van der Waals surface area contributed by atoms with Gasteiger partial charge >= 0.3 is 0 Å². The van der Waals surface area contributed by atoms with E-state index in [2.05, 4.69) is 0 Å². The maximum atomic E-state index is 13.4. The summed E-state index contributed by atoms with van der Waals surface area (Å²) in [6, 6.07) is 8.59. The summed E-state index contributed by atoms with van der Waals surface area (Å²) in [5, 5.41) is 10.5. The van der Waals surface area contributed by atoms with E-state index in [1.54, 1.807) is 0 Å². The van der Waals surface area contributed by atoms with E-state index >= 15 is 0 Å². The number of carbonyl (C=O) groups excluding carboxylic acids is 1. The van der Waals surface area contributed by atoms with Crippen molar-refractivity contribution in [2.45, 2.75) is 11.3 Å². The van der Waals surface area contributed by atoms with Gasteiger partial charge in [0.1, 0.15) is 11.6 Å². The number of hydrogen-bond donors (Lipinski definition) is 0. The number of benzene rings is 2. The normalized spacial score (nSPS) is 10.5. The summed E-state index contributed by atoms with van der Waals surface area (Å²) >= 11 is 1.12. The first-order chi connectivity index (χ1) is 10.5. The fourth-order valence-corrected chi connectivity index (χ4v) is 2.63. The van der Waals surface area contributed by atoms with E-state index in [0.29, 0.717) is 11.3 Å². The molecule has 2 aromatic rings. The Morgan fingerprint density at radius 1 is 1.14 bits per heavy atom. The lowest BCUT2D eigenvalue weighted by Crippen LogP contribution is -2.01. The zero-order chi connectivity index (χ0) is 16.1. The van der Waals surface area contributed by atoms with Gasteiger partial charge in [-0.1, -0.05) is 0 Å². The molecule has 2 rings (SSSR count). The van der Waals surface area contributed by atoms with E-state index in [-0.39, 0.29) is 22.8 Å². The molecule has 0 saturated heterocycles. The lowest BCUT2D eigenvalue weighted by atomic mass is 10.1. The average molecular weight is 323 g/mol. The number of hydrogen-bond acceptors (Lipinski definition) is 4. The van der Waals surface area contributed by atoms with Crippen LogP contribution in [0.4, 0.5) is 14.5 Å². The van der Waals surface area contributed by atoms with Gasteiger partial charge in [-0.2, -0.15) is 0 Å². The molecule has 114 valence electrons. The first kappa shape index (κ1) is 16.1. The molecule has 7 heteroatoms. The van der Waals surface area contributed by atoms with Gasteiger partial charge in [0.2, 0.25) is 0 Å². The minimum Gasteiger partial charge on any atom is -0.294 e. The summed E-state index contributed by atoms with van der Waals surface area (Å²) in [4.78, 5) is 22.2. The van der Waals surface area contributed by atoms with Crippen molar-refractivity contribution in [3.63, 3.8) is 0 Å². The SMILES string of the molecule is O=C(CCSc1ccc(F)cc1F)c1ccc([N+](=O)[O-])cc1. The van der Waals surface area contributed by atoms with Crippen molar-refractivity contribution in [1.29, 1.82) is 0 Å². The molecule has 22 heavy (non-hydrogen) atoms. The molecule has 0 radical (unpaired) electrons. The first-order valence-electron chi connectivity index (χ1n) is 6.33. The van der Waals surface area contributed by atoms with Crippen LogP contribution in [-0.4, -0.2) is 16.5 Å². The second-order valence-electron chi connectivity index (χ2n) is 4.40. The molecule has 0 aliphatic rings. The smallest absolute Gasteiger partial charge is 0.269 e. The molecule has 0 spiro atoms. The van der Waals surface area contributed by atoms with E-state index in [1.807, 2.05) is 0 Å². The summed E-state index contributed by atoms with van der Waals surface area (Å²) < 4.78 is 26.2. The Kier molecular flexibility index (Phi) is 5.21. The number of nitro groups is 1. The number of carbonyl (C=O) groups is 1. The summed E-state index contributed by atoms with van der Waals surface area (Å²) in [6.45, 7) is 0. The molecule has 0 heterocycles. The van der Waals surface area contributed by atoms with Crippen molar-refractivity contribution in [3.05, 3.63) is 69.8 Å². The quantitative estimate of drug-likeness (QED) is 0.345. The fourth-order valence-electron chi connectivity index (χ4n) is 1.76. The van der Waals surface area contributed by atoms with Crippen LogP contribution in [0.15, 0.2) is 47.4 Å². The third kappa shape index (κ3) is 4.11. The monoisotopic (exact) mass is 323 g/mol. The van der Waals surface area contributed by atoms with Gasteiger partial charge in [0.05, 0.1) is 4.92 Å². The summed E-state index contributed by atoms with van der Waals surface area (Å²) in [5.41, 5.74) is 0.282. The number of Topliss-reactive ketones (excluding diaryl/α,β-unsaturated/α-hetero) is 1.